The summed E-state index contributed by atoms with van der Waals surface area (Å²) >= 11 is 1.36. The standard InChI is InChI=1S/C13H13BN2O2.C2H7NS/c17-14-6-10(8-2-1-3-8)12-9-4-5-15-13(9)16-7-11(12)18-14;1-2-4-3/h4-8,17H,1-3H2,(H,15,16);2-3H2,1H3. The lowest BCUT2D eigenvalue weighted by molar-refractivity contribution is 0.390. The van der Waals surface area contributed by atoms with E-state index in [2.05, 4.69) is 9.97 Å². The van der Waals surface area contributed by atoms with Gasteiger partial charge in [-0.05, 0) is 36.4 Å². The molecule has 5 nitrogen and oxygen atoms in total. The van der Waals surface area contributed by atoms with E-state index in [9.17, 15) is 5.02 Å². The predicted molar refractivity (Wildman–Crippen MR) is 92.3 cm³/mol. The van der Waals surface area contributed by atoms with Crippen LogP contribution in [0.2, 0.25) is 0 Å². The molecule has 4 N–H and O–H groups in total. The van der Waals surface area contributed by atoms with Gasteiger partial charge in [-0.15, -0.1) is 0 Å². The molecule has 116 valence electrons. The molecular formula is C15H20BN3O2S. The van der Waals surface area contributed by atoms with E-state index < -0.39 is 7.12 Å². The van der Waals surface area contributed by atoms with Crippen molar-refractivity contribution in [3.8, 4) is 5.75 Å². The lowest BCUT2D eigenvalue weighted by atomic mass is 9.70. The van der Waals surface area contributed by atoms with Gasteiger partial charge in [0.05, 0.1) is 6.20 Å². The van der Waals surface area contributed by atoms with Crippen molar-refractivity contribution in [1.29, 1.82) is 0 Å². The molecule has 2 aromatic rings. The second-order valence-corrected chi connectivity index (χ2v) is 6.36. The van der Waals surface area contributed by atoms with Gasteiger partial charge in [0.1, 0.15) is 11.4 Å². The van der Waals surface area contributed by atoms with Crippen LogP contribution in [-0.2, 0) is 0 Å². The van der Waals surface area contributed by atoms with Crippen molar-refractivity contribution < 1.29 is 9.68 Å². The Morgan fingerprint density at radius 3 is 2.95 bits per heavy atom. The van der Waals surface area contributed by atoms with Gasteiger partial charge in [-0.3, -0.25) is 5.14 Å². The summed E-state index contributed by atoms with van der Waals surface area (Å²) < 4.78 is 5.46. The van der Waals surface area contributed by atoms with Gasteiger partial charge in [0.2, 0.25) is 0 Å². The van der Waals surface area contributed by atoms with Gasteiger partial charge < -0.3 is 14.7 Å². The maximum absolute atomic E-state index is 9.78. The Morgan fingerprint density at radius 2 is 2.32 bits per heavy atom. The SMILES string of the molecule is CCSN.OB1C=C(C2CCC2)c2c(cnc3[nH]ccc23)O1. The number of hydrogen-bond acceptors (Lipinski definition) is 5. The number of rotatable bonds is 2. The zero-order valence-electron chi connectivity index (χ0n) is 12.6. The van der Waals surface area contributed by atoms with Gasteiger partial charge >= 0.3 is 7.12 Å². The molecule has 0 atom stereocenters. The van der Waals surface area contributed by atoms with Gasteiger partial charge in [-0.2, -0.15) is 0 Å². The van der Waals surface area contributed by atoms with Crippen molar-refractivity contribution in [3.63, 3.8) is 0 Å². The Bertz CT molecular complexity index is 682. The highest BCUT2D eigenvalue weighted by Gasteiger charge is 2.32. The van der Waals surface area contributed by atoms with Crippen LogP contribution in [0.4, 0.5) is 0 Å². The highest BCUT2D eigenvalue weighted by molar-refractivity contribution is 7.97. The summed E-state index contributed by atoms with van der Waals surface area (Å²) in [5.41, 5.74) is 3.21. The fourth-order valence-corrected chi connectivity index (χ4v) is 2.84. The summed E-state index contributed by atoms with van der Waals surface area (Å²) in [5, 5.41) is 15.8. The first-order chi connectivity index (χ1) is 10.7. The summed E-state index contributed by atoms with van der Waals surface area (Å²) in [4.78, 5) is 7.43. The van der Waals surface area contributed by atoms with Crippen LogP contribution in [-0.4, -0.2) is 27.9 Å². The summed E-state index contributed by atoms with van der Waals surface area (Å²) in [6, 6.07) is 2.02. The number of aromatic nitrogens is 2. The monoisotopic (exact) mass is 317 g/mol. The quantitative estimate of drug-likeness (QED) is 0.586. The molecule has 1 saturated carbocycles. The fourth-order valence-electron chi connectivity index (χ4n) is 2.84. The van der Waals surface area contributed by atoms with Gasteiger partial charge in [-0.1, -0.05) is 25.3 Å². The smallest absolute Gasteiger partial charge is 0.531 e. The molecule has 0 radical (unpaired) electrons. The Morgan fingerprint density at radius 1 is 1.55 bits per heavy atom. The number of nitrogens with one attached hydrogen (secondary N) is 1. The lowest BCUT2D eigenvalue weighted by Crippen LogP contribution is -2.27. The molecule has 0 saturated heterocycles. The van der Waals surface area contributed by atoms with Gasteiger partial charge in [-0.25, -0.2) is 4.98 Å². The van der Waals surface area contributed by atoms with E-state index in [4.69, 9.17) is 9.79 Å². The molecule has 1 aliphatic carbocycles. The molecule has 0 aromatic carbocycles. The van der Waals surface area contributed by atoms with Crippen LogP contribution in [0.1, 0.15) is 31.7 Å². The summed E-state index contributed by atoms with van der Waals surface area (Å²) in [7, 11) is -0.841. The summed E-state index contributed by atoms with van der Waals surface area (Å²) in [5.74, 6) is 4.11. The van der Waals surface area contributed by atoms with Crippen molar-refractivity contribution in [3.05, 3.63) is 30.0 Å². The molecule has 1 aliphatic heterocycles. The number of aromatic amines is 1. The second kappa shape index (κ2) is 6.77. The minimum Gasteiger partial charge on any atom is -0.531 e. The molecular weight excluding hydrogens is 297 g/mol. The van der Waals surface area contributed by atoms with E-state index in [1.807, 2.05) is 25.2 Å². The van der Waals surface area contributed by atoms with Crippen molar-refractivity contribution in [1.82, 2.24) is 9.97 Å². The average molecular weight is 317 g/mol. The molecule has 0 bridgehead atoms. The first-order valence-corrected chi connectivity index (χ1v) is 8.64. The first kappa shape index (κ1) is 15.5. The molecule has 1 fully saturated rings. The Hall–Kier alpha value is -1.44. The molecule has 22 heavy (non-hydrogen) atoms. The number of fused-ring (bicyclic) bond motifs is 3. The molecule has 0 spiro atoms. The van der Waals surface area contributed by atoms with Crippen LogP contribution in [0.15, 0.2) is 24.4 Å². The van der Waals surface area contributed by atoms with Crippen molar-refractivity contribution in [2.45, 2.75) is 26.2 Å². The highest BCUT2D eigenvalue weighted by atomic mass is 32.2. The van der Waals surface area contributed by atoms with Gasteiger partial charge in [0.15, 0.2) is 0 Å². The third-order valence-electron chi connectivity index (χ3n) is 4.12. The van der Waals surface area contributed by atoms with Crippen molar-refractivity contribution in [2.24, 2.45) is 11.1 Å². The number of allylic oxidation sites excluding steroid dienone is 1. The van der Waals surface area contributed by atoms with Crippen LogP contribution < -0.4 is 9.79 Å². The third-order valence-corrected chi connectivity index (χ3v) is 4.46. The summed E-state index contributed by atoms with van der Waals surface area (Å²) in [6.45, 7) is 2.02. The first-order valence-electron chi connectivity index (χ1n) is 7.59. The van der Waals surface area contributed by atoms with Gasteiger partial charge in [0, 0.05) is 22.9 Å². The molecule has 7 heteroatoms. The fraction of sp³-hybridized carbons (Fsp3) is 0.400. The van der Waals surface area contributed by atoms with Gasteiger partial charge in [0.25, 0.3) is 0 Å². The van der Waals surface area contributed by atoms with Crippen LogP contribution in [0, 0.1) is 5.92 Å². The normalized spacial score (nSPS) is 17.0. The maximum atomic E-state index is 9.78. The maximum Gasteiger partial charge on any atom is 0.552 e. The van der Waals surface area contributed by atoms with E-state index >= 15 is 0 Å². The largest absolute Gasteiger partial charge is 0.552 e. The molecule has 0 amide bonds. The third kappa shape index (κ3) is 2.88. The number of nitrogens with zero attached hydrogens (tertiary/aromatic N) is 1. The van der Waals surface area contributed by atoms with E-state index in [0.29, 0.717) is 11.7 Å². The van der Waals surface area contributed by atoms with Crippen molar-refractivity contribution >= 4 is 35.7 Å². The number of nitrogens with two attached hydrogens (primary N) is 1. The van der Waals surface area contributed by atoms with Crippen LogP contribution in [0.25, 0.3) is 16.6 Å². The van der Waals surface area contributed by atoms with Crippen molar-refractivity contribution in [2.75, 3.05) is 5.75 Å². The predicted octanol–water partition coefficient (Wildman–Crippen LogP) is 2.77. The Labute approximate surface area is 134 Å². The minimum absolute atomic E-state index is 0.558. The van der Waals surface area contributed by atoms with E-state index in [0.717, 1.165) is 22.3 Å². The van der Waals surface area contributed by atoms with Crippen LogP contribution >= 0.6 is 11.9 Å². The molecule has 3 heterocycles. The number of hydrogen-bond donors (Lipinski definition) is 3. The topological polar surface area (TPSA) is 84.2 Å². The Kier molecular flexibility index (Phi) is 4.76. The van der Waals surface area contributed by atoms with Crippen LogP contribution in [0.3, 0.4) is 0 Å². The number of pyridine rings is 1. The second-order valence-electron chi connectivity index (χ2n) is 5.45. The zero-order valence-corrected chi connectivity index (χ0v) is 13.4. The Balaban J connectivity index is 0.000000325. The zero-order chi connectivity index (χ0) is 15.5. The average Bonchev–Trinajstić information content (AvgIpc) is 2.93. The minimum atomic E-state index is -0.841. The molecule has 0 unspecified atom stereocenters. The van der Waals surface area contributed by atoms with E-state index in [-0.39, 0.29) is 0 Å². The molecule has 2 aliphatic rings. The summed E-state index contributed by atoms with van der Waals surface area (Å²) in [6.07, 6.45) is 7.26. The van der Waals surface area contributed by atoms with Crippen LogP contribution in [0.5, 0.6) is 5.75 Å². The van der Waals surface area contributed by atoms with E-state index in [1.54, 1.807) is 6.20 Å². The van der Waals surface area contributed by atoms with E-state index in [1.165, 1.54) is 36.8 Å². The number of H-pyrrole nitrogens is 1. The highest BCUT2D eigenvalue weighted by Crippen LogP contribution is 2.45. The molecule has 2 aromatic heterocycles. The molecule has 4 rings (SSSR count). The lowest BCUT2D eigenvalue weighted by Gasteiger charge is -2.32.